The topological polar surface area (TPSA) is 49.2 Å². The predicted molar refractivity (Wildman–Crippen MR) is 44.9 cm³/mol. The maximum Gasteiger partial charge on any atom is 0.147 e. The van der Waals surface area contributed by atoms with E-state index in [1.165, 1.54) is 0 Å². The second-order valence-electron chi connectivity index (χ2n) is 2.95. The Kier molecular flexibility index (Phi) is 1.91. The molecule has 0 aliphatic carbocycles. The van der Waals surface area contributed by atoms with Gasteiger partial charge in [-0.15, -0.1) is 0 Å². The molecule has 1 aliphatic rings. The molecule has 0 unspecified atom stereocenters. The van der Waals surface area contributed by atoms with E-state index in [2.05, 4.69) is 9.97 Å². The lowest BCUT2D eigenvalue weighted by Crippen LogP contribution is -2.22. The molecule has 1 fully saturated rings. The van der Waals surface area contributed by atoms with E-state index >= 15 is 0 Å². The number of hydrogen-bond donors (Lipinski definition) is 1. The summed E-state index contributed by atoms with van der Waals surface area (Å²) in [6, 6.07) is 0. The van der Waals surface area contributed by atoms with E-state index in [9.17, 15) is 5.11 Å². The number of rotatable bonds is 1. The lowest BCUT2D eigenvalue weighted by Gasteiger charge is -2.14. The van der Waals surface area contributed by atoms with Crippen molar-refractivity contribution < 1.29 is 5.11 Å². The molecule has 0 bridgehead atoms. The Morgan fingerprint density at radius 3 is 3.00 bits per heavy atom. The summed E-state index contributed by atoms with van der Waals surface area (Å²) in [7, 11) is 0. The van der Waals surface area contributed by atoms with Gasteiger partial charge in [-0.1, -0.05) is 0 Å². The molecule has 0 spiro atoms. The average molecular weight is 165 g/mol. The van der Waals surface area contributed by atoms with Crippen LogP contribution >= 0.6 is 0 Å². The SMILES string of the molecule is O[C@H]1CCN(c2cnccn2)C1. The van der Waals surface area contributed by atoms with Gasteiger partial charge in [0.2, 0.25) is 0 Å². The Morgan fingerprint density at radius 2 is 2.42 bits per heavy atom. The lowest BCUT2D eigenvalue weighted by atomic mass is 10.3. The van der Waals surface area contributed by atoms with Gasteiger partial charge in [-0.2, -0.15) is 0 Å². The van der Waals surface area contributed by atoms with Crippen LogP contribution in [0.3, 0.4) is 0 Å². The number of aromatic nitrogens is 2. The maximum atomic E-state index is 9.27. The van der Waals surface area contributed by atoms with Gasteiger partial charge in [0.15, 0.2) is 0 Å². The molecule has 1 aromatic rings. The van der Waals surface area contributed by atoms with Gasteiger partial charge in [0, 0.05) is 25.5 Å². The van der Waals surface area contributed by atoms with E-state index in [1.807, 2.05) is 4.90 Å². The van der Waals surface area contributed by atoms with E-state index in [0.29, 0.717) is 6.54 Å². The van der Waals surface area contributed by atoms with E-state index in [-0.39, 0.29) is 6.10 Å². The van der Waals surface area contributed by atoms with E-state index in [0.717, 1.165) is 18.8 Å². The van der Waals surface area contributed by atoms with Crippen molar-refractivity contribution in [3.8, 4) is 0 Å². The third-order valence-corrected chi connectivity index (χ3v) is 2.04. The minimum atomic E-state index is -0.202. The predicted octanol–water partition coefficient (Wildman–Crippen LogP) is 0.0476. The van der Waals surface area contributed by atoms with Crippen molar-refractivity contribution in [3.63, 3.8) is 0 Å². The van der Waals surface area contributed by atoms with E-state index in [1.54, 1.807) is 18.6 Å². The summed E-state index contributed by atoms with van der Waals surface area (Å²) >= 11 is 0. The van der Waals surface area contributed by atoms with Crippen LogP contribution < -0.4 is 4.90 Å². The third-order valence-electron chi connectivity index (χ3n) is 2.04. The number of nitrogens with zero attached hydrogens (tertiary/aromatic N) is 3. The highest BCUT2D eigenvalue weighted by Gasteiger charge is 2.20. The highest BCUT2D eigenvalue weighted by atomic mass is 16.3. The Morgan fingerprint density at radius 1 is 1.50 bits per heavy atom. The van der Waals surface area contributed by atoms with Crippen molar-refractivity contribution in [2.45, 2.75) is 12.5 Å². The minimum Gasteiger partial charge on any atom is -0.391 e. The van der Waals surface area contributed by atoms with Crippen LogP contribution in [0.1, 0.15) is 6.42 Å². The smallest absolute Gasteiger partial charge is 0.147 e. The first kappa shape index (κ1) is 7.49. The Balaban J connectivity index is 2.11. The fraction of sp³-hybridized carbons (Fsp3) is 0.500. The second kappa shape index (κ2) is 3.06. The summed E-state index contributed by atoms with van der Waals surface area (Å²) < 4.78 is 0. The molecule has 1 atom stereocenters. The molecular weight excluding hydrogens is 154 g/mol. The average Bonchev–Trinajstić information content (AvgIpc) is 2.54. The summed E-state index contributed by atoms with van der Waals surface area (Å²) in [5, 5.41) is 9.27. The lowest BCUT2D eigenvalue weighted by molar-refractivity contribution is 0.198. The summed E-state index contributed by atoms with van der Waals surface area (Å²) in [5.41, 5.74) is 0. The highest BCUT2D eigenvalue weighted by Crippen LogP contribution is 2.15. The standard InChI is InChI=1S/C8H11N3O/c12-7-1-4-11(6-7)8-5-9-2-3-10-8/h2-3,5,7,12H,1,4,6H2/t7-/m0/s1. The van der Waals surface area contributed by atoms with Crippen molar-refractivity contribution in [1.29, 1.82) is 0 Å². The van der Waals surface area contributed by atoms with E-state index in [4.69, 9.17) is 0 Å². The monoisotopic (exact) mass is 165 g/mol. The number of aliphatic hydroxyl groups excluding tert-OH is 1. The van der Waals surface area contributed by atoms with Gasteiger partial charge in [-0.05, 0) is 6.42 Å². The highest BCUT2D eigenvalue weighted by molar-refractivity contribution is 5.36. The molecule has 12 heavy (non-hydrogen) atoms. The molecular formula is C8H11N3O. The van der Waals surface area contributed by atoms with Crippen molar-refractivity contribution in [2.24, 2.45) is 0 Å². The molecule has 0 radical (unpaired) electrons. The molecule has 1 aromatic heterocycles. The van der Waals surface area contributed by atoms with Crippen LogP contribution in [0.4, 0.5) is 5.82 Å². The third kappa shape index (κ3) is 1.38. The Labute approximate surface area is 70.9 Å². The molecule has 0 saturated carbocycles. The first-order valence-electron chi connectivity index (χ1n) is 4.05. The largest absolute Gasteiger partial charge is 0.391 e. The number of anilines is 1. The number of aliphatic hydroxyl groups is 1. The normalized spacial score (nSPS) is 23.1. The Bertz CT molecular complexity index is 252. The number of β-amino-alcohol motifs (C(OH)–C–C–N with tert-alkyl or cyclic N) is 1. The second-order valence-corrected chi connectivity index (χ2v) is 2.95. The zero-order valence-electron chi connectivity index (χ0n) is 6.72. The molecule has 4 heteroatoms. The molecule has 2 heterocycles. The van der Waals surface area contributed by atoms with E-state index < -0.39 is 0 Å². The molecule has 64 valence electrons. The fourth-order valence-corrected chi connectivity index (χ4v) is 1.40. The summed E-state index contributed by atoms with van der Waals surface area (Å²) in [5.74, 6) is 0.856. The van der Waals surface area contributed by atoms with Gasteiger partial charge < -0.3 is 10.0 Å². The Hall–Kier alpha value is -1.16. The van der Waals surface area contributed by atoms with Crippen molar-refractivity contribution in [2.75, 3.05) is 18.0 Å². The fourth-order valence-electron chi connectivity index (χ4n) is 1.40. The molecule has 0 amide bonds. The van der Waals surface area contributed by atoms with Crippen LogP contribution in [0.25, 0.3) is 0 Å². The summed E-state index contributed by atoms with van der Waals surface area (Å²) in [6.45, 7) is 1.55. The molecule has 1 N–H and O–H groups in total. The van der Waals surface area contributed by atoms with Crippen molar-refractivity contribution in [1.82, 2.24) is 9.97 Å². The van der Waals surface area contributed by atoms with Crippen LogP contribution in [0.5, 0.6) is 0 Å². The van der Waals surface area contributed by atoms with Gasteiger partial charge >= 0.3 is 0 Å². The number of hydrogen-bond acceptors (Lipinski definition) is 4. The van der Waals surface area contributed by atoms with Gasteiger partial charge in [0.05, 0.1) is 12.3 Å². The molecule has 1 saturated heterocycles. The molecule has 0 aromatic carbocycles. The van der Waals surface area contributed by atoms with Gasteiger partial charge in [-0.3, -0.25) is 4.98 Å². The summed E-state index contributed by atoms with van der Waals surface area (Å²) in [6.07, 6.45) is 5.66. The van der Waals surface area contributed by atoms with Crippen molar-refractivity contribution in [3.05, 3.63) is 18.6 Å². The first-order valence-corrected chi connectivity index (χ1v) is 4.05. The quantitative estimate of drug-likeness (QED) is 0.638. The first-order chi connectivity index (χ1) is 5.86. The van der Waals surface area contributed by atoms with Crippen molar-refractivity contribution >= 4 is 5.82 Å². The molecule has 2 rings (SSSR count). The van der Waals surface area contributed by atoms with Gasteiger partial charge in [0.1, 0.15) is 5.82 Å². The van der Waals surface area contributed by atoms with Gasteiger partial charge in [-0.25, -0.2) is 4.98 Å². The van der Waals surface area contributed by atoms with Gasteiger partial charge in [0.25, 0.3) is 0 Å². The van der Waals surface area contributed by atoms with Crippen LogP contribution in [-0.2, 0) is 0 Å². The minimum absolute atomic E-state index is 0.202. The van der Waals surface area contributed by atoms with Crippen LogP contribution in [0.2, 0.25) is 0 Å². The summed E-state index contributed by atoms with van der Waals surface area (Å²) in [4.78, 5) is 10.2. The maximum absolute atomic E-state index is 9.27. The van der Waals surface area contributed by atoms with Crippen LogP contribution in [0.15, 0.2) is 18.6 Å². The molecule has 1 aliphatic heterocycles. The van der Waals surface area contributed by atoms with Crippen LogP contribution in [-0.4, -0.2) is 34.3 Å². The zero-order valence-corrected chi connectivity index (χ0v) is 6.72. The van der Waals surface area contributed by atoms with Crippen LogP contribution in [0, 0.1) is 0 Å². The zero-order chi connectivity index (χ0) is 8.39. The molecule has 4 nitrogen and oxygen atoms in total.